The van der Waals surface area contributed by atoms with E-state index in [1.54, 1.807) is 19.1 Å². The molecule has 0 aliphatic carbocycles. The second kappa shape index (κ2) is 8.34. The summed E-state index contributed by atoms with van der Waals surface area (Å²) >= 11 is 0. The van der Waals surface area contributed by atoms with Crippen LogP contribution in [0.1, 0.15) is 6.92 Å². The van der Waals surface area contributed by atoms with Gasteiger partial charge in [-0.3, -0.25) is 9.69 Å². The number of para-hydroxylation sites is 1. The molecule has 28 heavy (non-hydrogen) atoms. The molecule has 1 fully saturated rings. The van der Waals surface area contributed by atoms with Crippen LogP contribution in [0.5, 0.6) is 0 Å². The number of halogens is 2. The van der Waals surface area contributed by atoms with Gasteiger partial charge in [0.2, 0.25) is 15.9 Å². The number of piperazine rings is 1. The van der Waals surface area contributed by atoms with Gasteiger partial charge in [0.1, 0.15) is 11.6 Å². The zero-order chi connectivity index (χ0) is 20.3. The van der Waals surface area contributed by atoms with Gasteiger partial charge in [-0.1, -0.05) is 24.3 Å². The first-order chi connectivity index (χ1) is 13.3. The smallest absolute Gasteiger partial charge is 0.249 e. The average Bonchev–Trinajstić information content (AvgIpc) is 2.68. The van der Waals surface area contributed by atoms with E-state index in [-0.39, 0.29) is 32.1 Å². The zero-order valence-corrected chi connectivity index (χ0v) is 16.1. The van der Waals surface area contributed by atoms with Crippen LogP contribution >= 0.6 is 0 Å². The molecule has 9 heteroatoms. The van der Waals surface area contributed by atoms with E-state index < -0.39 is 32.6 Å². The van der Waals surface area contributed by atoms with Gasteiger partial charge in [0, 0.05) is 31.9 Å². The number of nitrogens with one attached hydrogen (secondary N) is 1. The van der Waals surface area contributed by atoms with Crippen LogP contribution in [0, 0.1) is 11.6 Å². The number of sulfonamides is 1. The zero-order valence-electron chi connectivity index (χ0n) is 15.3. The maximum absolute atomic E-state index is 13.9. The minimum atomic E-state index is -4.29. The summed E-state index contributed by atoms with van der Waals surface area (Å²) in [5.41, 5.74) is 0.676. The van der Waals surface area contributed by atoms with Crippen molar-refractivity contribution in [2.45, 2.75) is 17.9 Å². The summed E-state index contributed by atoms with van der Waals surface area (Å²) in [6, 6.07) is 11.5. The van der Waals surface area contributed by atoms with Gasteiger partial charge in [-0.2, -0.15) is 4.31 Å². The summed E-state index contributed by atoms with van der Waals surface area (Å²) in [4.78, 5) is 13.3. The summed E-state index contributed by atoms with van der Waals surface area (Å²) in [5.74, 6) is -2.43. The highest BCUT2D eigenvalue weighted by Crippen LogP contribution is 2.24. The summed E-state index contributed by atoms with van der Waals surface area (Å²) in [7, 11) is -4.29. The lowest BCUT2D eigenvalue weighted by Gasteiger charge is -2.36. The van der Waals surface area contributed by atoms with Crippen LogP contribution in [0.25, 0.3) is 0 Å². The number of nitrogens with zero attached hydrogens (tertiary/aromatic N) is 2. The van der Waals surface area contributed by atoms with E-state index in [1.165, 1.54) is 0 Å². The Bertz CT molecular complexity index is 926. The molecule has 1 aliphatic heterocycles. The van der Waals surface area contributed by atoms with Crippen LogP contribution in [0.15, 0.2) is 53.4 Å². The standard InChI is InChI=1S/C19H21F2N3O3S/c1-14(19(25)22-15-6-3-2-4-7-15)23-10-12-24(13-11-23)28(26,27)18-16(20)8-5-9-17(18)21/h2-9,14H,10-13H2,1H3,(H,22,25)/t14-/m1/s1. The predicted molar refractivity (Wildman–Crippen MR) is 101 cm³/mol. The molecular weight excluding hydrogens is 388 g/mol. The van der Waals surface area contributed by atoms with Gasteiger partial charge in [0.05, 0.1) is 6.04 Å². The fraction of sp³-hybridized carbons (Fsp3) is 0.316. The Hall–Kier alpha value is -2.36. The number of amides is 1. The Morgan fingerprint density at radius 1 is 0.964 bits per heavy atom. The van der Waals surface area contributed by atoms with Crippen molar-refractivity contribution in [1.82, 2.24) is 9.21 Å². The van der Waals surface area contributed by atoms with Crippen molar-refractivity contribution in [3.05, 3.63) is 60.2 Å². The van der Waals surface area contributed by atoms with E-state index in [2.05, 4.69) is 5.32 Å². The summed E-state index contributed by atoms with van der Waals surface area (Å²) < 4.78 is 54.1. The molecule has 0 bridgehead atoms. The molecule has 1 amide bonds. The van der Waals surface area contributed by atoms with Crippen LogP contribution in [0.3, 0.4) is 0 Å². The van der Waals surface area contributed by atoms with Crippen LogP contribution in [0.2, 0.25) is 0 Å². The first-order valence-electron chi connectivity index (χ1n) is 8.85. The van der Waals surface area contributed by atoms with Crippen LogP contribution in [-0.2, 0) is 14.8 Å². The van der Waals surface area contributed by atoms with Gasteiger partial charge in [-0.25, -0.2) is 17.2 Å². The fourth-order valence-corrected chi connectivity index (χ4v) is 4.65. The van der Waals surface area contributed by atoms with E-state index in [0.717, 1.165) is 22.5 Å². The highest BCUT2D eigenvalue weighted by Gasteiger charge is 2.35. The molecule has 1 atom stereocenters. The number of anilines is 1. The molecule has 150 valence electrons. The quantitative estimate of drug-likeness (QED) is 0.823. The molecule has 1 heterocycles. The minimum Gasteiger partial charge on any atom is -0.325 e. The second-order valence-corrected chi connectivity index (χ2v) is 8.40. The number of carbonyl (C=O) groups is 1. The lowest BCUT2D eigenvalue weighted by atomic mass is 10.2. The normalized spacial score (nSPS) is 17.2. The molecule has 2 aromatic carbocycles. The monoisotopic (exact) mass is 409 g/mol. The SMILES string of the molecule is C[C@H](C(=O)Nc1ccccc1)N1CCN(S(=O)(=O)c2c(F)cccc2F)CC1. The Balaban J connectivity index is 1.64. The first-order valence-corrected chi connectivity index (χ1v) is 10.3. The van der Waals surface area contributed by atoms with Crippen molar-refractivity contribution in [2.24, 2.45) is 0 Å². The third kappa shape index (κ3) is 4.21. The molecule has 0 saturated carbocycles. The summed E-state index contributed by atoms with van der Waals surface area (Å²) in [5, 5.41) is 2.81. The molecule has 1 aliphatic rings. The number of rotatable bonds is 5. The molecule has 0 radical (unpaired) electrons. The van der Waals surface area contributed by atoms with Crippen molar-refractivity contribution in [2.75, 3.05) is 31.5 Å². The third-order valence-corrected chi connectivity index (χ3v) is 6.71. The highest BCUT2D eigenvalue weighted by atomic mass is 32.2. The lowest BCUT2D eigenvalue weighted by molar-refractivity contribution is -0.121. The Morgan fingerprint density at radius 2 is 1.54 bits per heavy atom. The van der Waals surface area contributed by atoms with Gasteiger partial charge in [0.15, 0.2) is 4.90 Å². The predicted octanol–water partition coefficient (Wildman–Crippen LogP) is 2.30. The maximum Gasteiger partial charge on any atom is 0.249 e. The van der Waals surface area contributed by atoms with Gasteiger partial charge >= 0.3 is 0 Å². The van der Waals surface area contributed by atoms with E-state index in [0.29, 0.717) is 5.69 Å². The lowest BCUT2D eigenvalue weighted by Crippen LogP contribution is -2.54. The van der Waals surface area contributed by atoms with Crippen molar-refractivity contribution >= 4 is 21.6 Å². The molecular formula is C19H21F2N3O3S. The number of hydrogen-bond acceptors (Lipinski definition) is 4. The number of hydrogen-bond donors (Lipinski definition) is 1. The van der Waals surface area contributed by atoms with Crippen molar-refractivity contribution in [3.8, 4) is 0 Å². The Labute approximate surface area is 162 Å². The summed E-state index contributed by atoms with van der Waals surface area (Å²) in [6.45, 7) is 2.37. The van der Waals surface area contributed by atoms with E-state index in [4.69, 9.17) is 0 Å². The first kappa shape index (κ1) is 20.4. The molecule has 1 saturated heterocycles. The topological polar surface area (TPSA) is 69.7 Å². The van der Waals surface area contributed by atoms with E-state index >= 15 is 0 Å². The molecule has 0 spiro atoms. The second-order valence-electron chi connectivity index (χ2n) is 6.52. The number of benzene rings is 2. The number of carbonyl (C=O) groups excluding carboxylic acids is 1. The highest BCUT2D eigenvalue weighted by molar-refractivity contribution is 7.89. The molecule has 0 aromatic heterocycles. The molecule has 2 aromatic rings. The van der Waals surface area contributed by atoms with Gasteiger partial charge in [0.25, 0.3) is 0 Å². The van der Waals surface area contributed by atoms with Gasteiger partial charge < -0.3 is 5.32 Å². The van der Waals surface area contributed by atoms with Gasteiger partial charge in [-0.05, 0) is 31.2 Å². The Morgan fingerprint density at radius 3 is 2.11 bits per heavy atom. The van der Waals surface area contributed by atoms with Crippen molar-refractivity contribution in [1.29, 1.82) is 0 Å². The van der Waals surface area contributed by atoms with Crippen molar-refractivity contribution in [3.63, 3.8) is 0 Å². The largest absolute Gasteiger partial charge is 0.325 e. The van der Waals surface area contributed by atoms with Crippen LogP contribution in [0.4, 0.5) is 14.5 Å². The minimum absolute atomic E-state index is 0.0407. The molecule has 3 rings (SSSR count). The van der Waals surface area contributed by atoms with Crippen LogP contribution in [-0.4, -0.2) is 55.8 Å². The summed E-state index contributed by atoms with van der Waals surface area (Å²) in [6.07, 6.45) is 0. The van der Waals surface area contributed by atoms with Gasteiger partial charge in [-0.15, -0.1) is 0 Å². The molecule has 6 nitrogen and oxygen atoms in total. The molecule has 0 unspecified atom stereocenters. The fourth-order valence-electron chi connectivity index (χ4n) is 3.12. The van der Waals surface area contributed by atoms with E-state index in [9.17, 15) is 22.0 Å². The molecule has 1 N–H and O–H groups in total. The Kier molecular flexibility index (Phi) is 6.07. The maximum atomic E-state index is 13.9. The van der Waals surface area contributed by atoms with Crippen LogP contribution < -0.4 is 5.32 Å². The average molecular weight is 409 g/mol. The van der Waals surface area contributed by atoms with Crippen molar-refractivity contribution < 1.29 is 22.0 Å². The third-order valence-electron chi connectivity index (χ3n) is 4.76. The van der Waals surface area contributed by atoms with E-state index in [1.807, 2.05) is 23.1 Å².